The summed E-state index contributed by atoms with van der Waals surface area (Å²) >= 11 is 11.7. The lowest BCUT2D eigenvalue weighted by molar-refractivity contribution is -0.128. The SMILES string of the molecule is NNC(=O)C(O)N=Cc1c(Cl)cccc1Cl. The molecule has 1 aromatic rings. The average molecular weight is 262 g/mol. The maximum absolute atomic E-state index is 10.8. The number of hydrogen-bond acceptors (Lipinski definition) is 4. The van der Waals surface area contributed by atoms with Crippen LogP contribution in [0.3, 0.4) is 0 Å². The summed E-state index contributed by atoms with van der Waals surface area (Å²) in [6.45, 7) is 0. The number of rotatable bonds is 3. The van der Waals surface area contributed by atoms with Gasteiger partial charge in [-0.2, -0.15) is 0 Å². The van der Waals surface area contributed by atoms with Crippen molar-refractivity contribution >= 4 is 35.3 Å². The van der Waals surface area contributed by atoms with Crippen molar-refractivity contribution in [3.63, 3.8) is 0 Å². The third kappa shape index (κ3) is 3.18. The van der Waals surface area contributed by atoms with Gasteiger partial charge in [0.2, 0.25) is 6.23 Å². The molecular formula is C9H9Cl2N3O2. The molecule has 1 aromatic carbocycles. The van der Waals surface area contributed by atoms with Crippen molar-refractivity contribution in [3.8, 4) is 0 Å². The Hall–Kier alpha value is -1.14. The summed E-state index contributed by atoms with van der Waals surface area (Å²) in [4.78, 5) is 14.4. The molecule has 0 spiro atoms. The molecule has 0 saturated carbocycles. The summed E-state index contributed by atoms with van der Waals surface area (Å²) in [7, 11) is 0. The van der Waals surface area contributed by atoms with Crippen molar-refractivity contribution in [1.29, 1.82) is 0 Å². The molecule has 0 aliphatic rings. The van der Waals surface area contributed by atoms with Crippen LogP contribution in [-0.4, -0.2) is 23.5 Å². The Morgan fingerprint density at radius 3 is 2.56 bits per heavy atom. The van der Waals surface area contributed by atoms with E-state index in [2.05, 4.69) is 4.99 Å². The van der Waals surface area contributed by atoms with Crippen LogP contribution in [0.2, 0.25) is 10.0 Å². The van der Waals surface area contributed by atoms with Crippen LogP contribution in [0, 0.1) is 0 Å². The van der Waals surface area contributed by atoms with Crippen LogP contribution in [-0.2, 0) is 4.79 Å². The van der Waals surface area contributed by atoms with Gasteiger partial charge in [-0.3, -0.25) is 15.2 Å². The molecule has 4 N–H and O–H groups in total. The zero-order chi connectivity index (χ0) is 12.1. The number of amides is 1. The summed E-state index contributed by atoms with van der Waals surface area (Å²) in [5.74, 6) is 4.00. The highest BCUT2D eigenvalue weighted by molar-refractivity contribution is 6.38. The molecule has 1 atom stereocenters. The Morgan fingerprint density at radius 1 is 1.50 bits per heavy atom. The molecule has 0 heterocycles. The van der Waals surface area contributed by atoms with E-state index in [1.165, 1.54) is 6.21 Å². The highest BCUT2D eigenvalue weighted by atomic mass is 35.5. The fraction of sp³-hybridized carbons (Fsp3) is 0.111. The first-order valence-corrected chi connectivity index (χ1v) is 4.97. The van der Waals surface area contributed by atoms with Crippen molar-refractivity contribution in [3.05, 3.63) is 33.8 Å². The third-order valence-corrected chi connectivity index (χ3v) is 2.38. The summed E-state index contributed by atoms with van der Waals surface area (Å²) in [6.07, 6.45) is -0.373. The number of aliphatic hydroxyl groups excluding tert-OH is 1. The van der Waals surface area contributed by atoms with E-state index >= 15 is 0 Å². The number of nitrogens with one attached hydrogen (secondary N) is 1. The Balaban J connectivity index is 2.88. The highest BCUT2D eigenvalue weighted by Crippen LogP contribution is 2.22. The highest BCUT2D eigenvalue weighted by Gasteiger charge is 2.10. The number of nitrogens with zero attached hydrogens (tertiary/aromatic N) is 1. The lowest BCUT2D eigenvalue weighted by atomic mass is 10.2. The molecule has 1 unspecified atom stereocenters. The second-order valence-corrected chi connectivity index (χ2v) is 3.61. The quantitative estimate of drug-likeness (QED) is 0.324. The van der Waals surface area contributed by atoms with Gasteiger partial charge in [-0.05, 0) is 12.1 Å². The van der Waals surface area contributed by atoms with Crippen LogP contribution in [0.25, 0.3) is 0 Å². The monoisotopic (exact) mass is 261 g/mol. The predicted octanol–water partition coefficient (Wildman–Crippen LogP) is 0.721. The molecule has 7 heteroatoms. The van der Waals surface area contributed by atoms with Crippen LogP contribution in [0.5, 0.6) is 0 Å². The van der Waals surface area contributed by atoms with E-state index in [1.807, 2.05) is 0 Å². The van der Waals surface area contributed by atoms with Crippen LogP contribution in [0.4, 0.5) is 0 Å². The summed E-state index contributed by atoms with van der Waals surface area (Å²) in [5.41, 5.74) is 2.19. The zero-order valence-electron chi connectivity index (χ0n) is 8.02. The minimum atomic E-state index is -1.59. The molecule has 1 rings (SSSR count). The maximum Gasteiger partial charge on any atom is 0.285 e. The number of carbonyl (C=O) groups excluding carboxylic acids is 1. The number of hydrogen-bond donors (Lipinski definition) is 3. The third-order valence-electron chi connectivity index (χ3n) is 1.72. The number of halogens is 2. The van der Waals surface area contributed by atoms with E-state index < -0.39 is 12.1 Å². The van der Waals surface area contributed by atoms with Crippen molar-refractivity contribution in [2.45, 2.75) is 6.23 Å². The van der Waals surface area contributed by atoms with Gasteiger partial charge in [0.25, 0.3) is 5.91 Å². The summed E-state index contributed by atoms with van der Waals surface area (Å²) < 4.78 is 0. The molecular weight excluding hydrogens is 253 g/mol. The molecule has 1 amide bonds. The van der Waals surface area contributed by atoms with Crippen LogP contribution < -0.4 is 11.3 Å². The molecule has 16 heavy (non-hydrogen) atoms. The molecule has 0 aliphatic carbocycles. The van der Waals surface area contributed by atoms with E-state index in [1.54, 1.807) is 23.6 Å². The number of carbonyl (C=O) groups is 1. The lowest BCUT2D eigenvalue weighted by Crippen LogP contribution is -2.38. The number of hydrazine groups is 1. The van der Waals surface area contributed by atoms with Crippen LogP contribution >= 0.6 is 23.2 Å². The minimum absolute atomic E-state index is 0.372. The van der Waals surface area contributed by atoms with Gasteiger partial charge in [0.15, 0.2) is 0 Å². The first kappa shape index (κ1) is 12.9. The van der Waals surface area contributed by atoms with Crippen molar-refractivity contribution in [2.24, 2.45) is 10.8 Å². The average Bonchev–Trinajstić information content (AvgIpc) is 2.27. The van der Waals surface area contributed by atoms with Crippen LogP contribution in [0.1, 0.15) is 5.56 Å². The van der Waals surface area contributed by atoms with Gasteiger partial charge in [0.1, 0.15) is 0 Å². The predicted molar refractivity (Wildman–Crippen MR) is 62.4 cm³/mol. The molecule has 0 bridgehead atoms. The Bertz CT molecular complexity index is 403. The van der Waals surface area contributed by atoms with E-state index in [4.69, 9.17) is 29.0 Å². The fourth-order valence-corrected chi connectivity index (χ4v) is 1.42. The molecule has 86 valence electrons. The van der Waals surface area contributed by atoms with Gasteiger partial charge < -0.3 is 5.11 Å². The van der Waals surface area contributed by atoms with E-state index in [-0.39, 0.29) is 0 Å². The van der Waals surface area contributed by atoms with Gasteiger partial charge in [0, 0.05) is 11.8 Å². The normalized spacial score (nSPS) is 12.8. The van der Waals surface area contributed by atoms with Crippen LogP contribution in [0.15, 0.2) is 23.2 Å². The van der Waals surface area contributed by atoms with Gasteiger partial charge in [-0.15, -0.1) is 0 Å². The number of aliphatic imine (C=N–C) groups is 1. The minimum Gasteiger partial charge on any atom is -0.364 e. The molecule has 0 saturated heterocycles. The largest absolute Gasteiger partial charge is 0.364 e. The van der Waals surface area contributed by atoms with E-state index in [9.17, 15) is 9.90 Å². The molecule has 0 aliphatic heterocycles. The zero-order valence-corrected chi connectivity index (χ0v) is 9.53. The van der Waals surface area contributed by atoms with Gasteiger partial charge >= 0.3 is 0 Å². The maximum atomic E-state index is 10.8. The van der Waals surface area contributed by atoms with Crippen molar-refractivity contribution in [1.82, 2.24) is 5.43 Å². The smallest absolute Gasteiger partial charge is 0.285 e. The van der Waals surface area contributed by atoms with Gasteiger partial charge in [0.05, 0.1) is 10.0 Å². The van der Waals surface area contributed by atoms with Crippen molar-refractivity contribution < 1.29 is 9.90 Å². The molecule has 0 fully saturated rings. The van der Waals surface area contributed by atoms with Gasteiger partial charge in [-0.1, -0.05) is 29.3 Å². The number of aliphatic hydroxyl groups is 1. The number of benzene rings is 1. The standard InChI is InChI=1S/C9H9Cl2N3O2/c10-6-2-1-3-7(11)5(6)4-13-8(15)9(16)14-12/h1-4,8,15H,12H2,(H,14,16). The van der Waals surface area contributed by atoms with Crippen molar-refractivity contribution in [2.75, 3.05) is 0 Å². The Kier molecular flexibility index (Phi) is 4.70. The molecule has 5 nitrogen and oxygen atoms in total. The topological polar surface area (TPSA) is 87.7 Å². The van der Waals surface area contributed by atoms with E-state index in [0.717, 1.165) is 0 Å². The van der Waals surface area contributed by atoms with Gasteiger partial charge in [-0.25, -0.2) is 5.84 Å². The Morgan fingerprint density at radius 2 is 2.06 bits per heavy atom. The lowest BCUT2D eigenvalue weighted by Gasteiger charge is -2.04. The second-order valence-electron chi connectivity index (χ2n) is 2.80. The summed E-state index contributed by atoms with van der Waals surface area (Å²) in [6, 6.07) is 4.90. The fourth-order valence-electron chi connectivity index (χ4n) is 0.921. The summed E-state index contributed by atoms with van der Waals surface area (Å²) in [5, 5.41) is 9.93. The number of nitrogens with two attached hydrogens (primary N) is 1. The second kappa shape index (κ2) is 5.81. The molecule has 0 radical (unpaired) electrons. The van der Waals surface area contributed by atoms with E-state index in [0.29, 0.717) is 15.6 Å². The first-order chi connectivity index (χ1) is 7.56. The Labute approximate surface area is 102 Å². The first-order valence-electron chi connectivity index (χ1n) is 4.22. The molecule has 0 aromatic heterocycles.